The van der Waals surface area contributed by atoms with E-state index >= 15 is 0 Å². The summed E-state index contributed by atoms with van der Waals surface area (Å²) in [6.45, 7) is 5.98. The van der Waals surface area contributed by atoms with Gasteiger partial charge in [0.15, 0.2) is 0 Å². The highest BCUT2D eigenvalue weighted by atomic mass is 16.4. The van der Waals surface area contributed by atoms with Gasteiger partial charge in [0.2, 0.25) is 0 Å². The van der Waals surface area contributed by atoms with E-state index in [1.54, 1.807) is 0 Å². The lowest BCUT2D eigenvalue weighted by atomic mass is 9.85. The van der Waals surface area contributed by atoms with Gasteiger partial charge in [-0.3, -0.25) is 14.4 Å². The van der Waals surface area contributed by atoms with Crippen molar-refractivity contribution in [1.29, 1.82) is 0 Å². The molecule has 3 unspecified atom stereocenters. The van der Waals surface area contributed by atoms with Crippen LogP contribution in [-0.2, 0) is 17.9 Å². The molecular formula is C17H27N3O2. The van der Waals surface area contributed by atoms with E-state index < -0.39 is 5.97 Å². The van der Waals surface area contributed by atoms with Crippen molar-refractivity contribution >= 4 is 5.97 Å². The molecule has 3 atom stereocenters. The topological polar surface area (TPSA) is 58.4 Å². The summed E-state index contributed by atoms with van der Waals surface area (Å²) in [5.41, 5.74) is 1.14. The summed E-state index contributed by atoms with van der Waals surface area (Å²) >= 11 is 0. The van der Waals surface area contributed by atoms with Crippen LogP contribution in [-0.4, -0.2) is 37.8 Å². The lowest BCUT2D eigenvalue weighted by molar-refractivity contribution is -0.142. The molecule has 0 aromatic carbocycles. The molecule has 1 saturated heterocycles. The first-order valence-electron chi connectivity index (χ1n) is 8.54. The van der Waals surface area contributed by atoms with Crippen LogP contribution in [0.15, 0.2) is 12.4 Å². The Labute approximate surface area is 132 Å². The summed E-state index contributed by atoms with van der Waals surface area (Å²) in [7, 11) is 0. The van der Waals surface area contributed by atoms with Gasteiger partial charge in [-0.1, -0.05) is 26.7 Å². The second-order valence-electron chi connectivity index (χ2n) is 7.34. The number of fused-ring (bicyclic) bond motifs is 1. The van der Waals surface area contributed by atoms with Crippen LogP contribution in [0.25, 0.3) is 0 Å². The molecule has 0 bridgehead atoms. The minimum absolute atomic E-state index is 0.318. The van der Waals surface area contributed by atoms with Crippen molar-refractivity contribution in [1.82, 2.24) is 14.7 Å². The number of aliphatic carboxylic acids is 1. The lowest BCUT2D eigenvalue weighted by Crippen LogP contribution is -2.41. The normalized spacial score (nSPS) is 29.0. The third-order valence-electron chi connectivity index (χ3n) is 5.11. The van der Waals surface area contributed by atoms with E-state index in [1.807, 2.05) is 10.9 Å². The third kappa shape index (κ3) is 3.19. The highest BCUT2D eigenvalue weighted by Gasteiger charge is 2.45. The number of likely N-dealkylation sites (tertiary alicyclic amines) is 1. The van der Waals surface area contributed by atoms with Crippen LogP contribution in [0.3, 0.4) is 0 Å². The van der Waals surface area contributed by atoms with Gasteiger partial charge in [0.1, 0.15) is 6.04 Å². The predicted molar refractivity (Wildman–Crippen MR) is 84.4 cm³/mol. The summed E-state index contributed by atoms with van der Waals surface area (Å²) < 4.78 is 1.98. The van der Waals surface area contributed by atoms with Crippen LogP contribution in [0, 0.1) is 11.8 Å². The van der Waals surface area contributed by atoms with E-state index in [-0.39, 0.29) is 6.04 Å². The molecule has 1 saturated carbocycles. The fraction of sp³-hybridized carbons (Fsp3) is 0.765. The molecule has 2 heterocycles. The van der Waals surface area contributed by atoms with Crippen LogP contribution in [0.1, 0.15) is 51.5 Å². The molecule has 3 rings (SSSR count). The molecule has 1 aromatic heterocycles. The van der Waals surface area contributed by atoms with Gasteiger partial charge in [-0.15, -0.1) is 0 Å². The molecule has 1 aromatic rings. The highest BCUT2D eigenvalue weighted by Crippen LogP contribution is 2.40. The second-order valence-corrected chi connectivity index (χ2v) is 7.34. The second kappa shape index (κ2) is 6.41. The summed E-state index contributed by atoms with van der Waals surface area (Å²) in [5.74, 6) is 0.471. The Balaban J connectivity index is 1.73. The van der Waals surface area contributed by atoms with Crippen molar-refractivity contribution in [3.8, 4) is 0 Å². The van der Waals surface area contributed by atoms with Gasteiger partial charge in [-0.25, -0.2) is 0 Å². The zero-order valence-corrected chi connectivity index (χ0v) is 13.6. The number of carboxylic acid groups (broad SMARTS) is 1. The van der Waals surface area contributed by atoms with E-state index in [0.717, 1.165) is 31.5 Å². The SMILES string of the molecule is CC(C)Cn1cc(CN2C(C(=O)O)CC3CCCCC32)cn1. The van der Waals surface area contributed by atoms with Gasteiger partial charge in [0.05, 0.1) is 6.20 Å². The van der Waals surface area contributed by atoms with Crippen molar-refractivity contribution in [3.05, 3.63) is 18.0 Å². The average Bonchev–Trinajstić information content (AvgIpc) is 3.04. The maximum absolute atomic E-state index is 11.6. The van der Waals surface area contributed by atoms with E-state index in [9.17, 15) is 9.90 Å². The van der Waals surface area contributed by atoms with Crippen LogP contribution >= 0.6 is 0 Å². The Morgan fingerprint density at radius 2 is 2.18 bits per heavy atom. The largest absolute Gasteiger partial charge is 0.480 e. The number of nitrogens with zero attached hydrogens (tertiary/aromatic N) is 3. The smallest absolute Gasteiger partial charge is 0.320 e. The minimum Gasteiger partial charge on any atom is -0.480 e. The van der Waals surface area contributed by atoms with E-state index in [0.29, 0.717) is 17.9 Å². The molecule has 22 heavy (non-hydrogen) atoms. The van der Waals surface area contributed by atoms with E-state index in [2.05, 4.69) is 30.0 Å². The Bertz CT molecular complexity index is 526. The van der Waals surface area contributed by atoms with Crippen LogP contribution in [0.4, 0.5) is 0 Å². The molecule has 1 aliphatic heterocycles. The van der Waals surface area contributed by atoms with Gasteiger partial charge in [0, 0.05) is 30.9 Å². The van der Waals surface area contributed by atoms with Gasteiger partial charge in [-0.2, -0.15) is 5.10 Å². The first-order valence-corrected chi connectivity index (χ1v) is 8.54. The molecule has 122 valence electrons. The molecule has 0 spiro atoms. The Morgan fingerprint density at radius 3 is 2.91 bits per heavy atom. The number of aromatic nitrogens is 2. The summed E-state index contributed by atoms with van der Waals surface area (Å²) in [5, 5.41) is 14.0. The molecular weight excluding hydrogens is 278 g/mol. The minimum atomic E-state index is -0.663. The summed E-state index contributed by atoms with van der Waals surface area (Å²) in [6.07, 6.45) is 9.63. The number of hydrogen-bond donors (Lipinski definition) is 1. The fourth-order valence-electron chi connectivity index (χ4n) is 4.20. The van der Waals surface area contributed by atoms with Crippen molar-refractivity contribution in [2.45, 2.75) is 71.1 Å². The number of rotatable bonds is 5. The number of hydrogen-bond acceptors (Lipinski definition) is 3. The standard InChI is InChI=1S/C17H27N3O2/c1-12(2)9-19-10-13(8-18-19)11-20-15-6-4-3-5-14(15)7-16(20)17(21)22/h8,10,12,14-16H,3-7,9,11H2,1-2H3,(H,21,22). The van der Waals surface area contributed by atoms with Crippen molar-refractivity contribution in [3.63, 3.8) is 0 Å². The molecule has 1 aliphatic carbocycles. The zero-order valence-electron chi connectivity index (χ0n) is 13.6. The average molecular weight is 305 g/mol. The third-order valence-corrected chi connectivity index (χ3v) is 5.11. The molecule has 2 aliphatic rings. The fourth-order valence-corrected chi connectivity index (χ4v) is 4.20. The summed E-state index contributed by atoms with van der Waals surface area (Å²) in [6, 6.07) is 0.129. The first-order chi connectivity index (χ1) is 10.5. The monoisotopic (exact) mass is 305 g/mol. The quantitative estimate of drug-likeness (QED) is 0.909. The lowest BCUT2D eigenvalue weighted by Gasteiger charge is -2.32. The summed E-state index contributed by atoms with van der Waals surface area (Å²) in [4.78, 5) is 13.9. The molecule has 5 nitrogen and oxygen atoms in total. The maximum atomic E-state index is 11.6. The van der Waals surface area contributed by atoms with Crippen LogP contribution < -0.4 is 0 Å². The number of carbonyl (C=O) groups is 1. The van der Waals surface area contributed by atoms with Gasteiger partial charge < -0.3 is 5.11 Å². The zero-order chi connectivity index (χ0) is 15.7. The van der Waals surface area contributed by atoms with E-state index in [4.69, 9.17) is 0 Å². The molecule has 0 amide bonds. The van der Waals surface area contributed by atoms with Gasteiger partial charge in [-0.05, 0) is 31.1 Å². The van der Waals surface area contributed by atoms with Crippen LogP contribution in [0.2, 0.25) is 0 Å². The Kier molecular flexibility index (Phi) is 4.52. The molecule has 2 fully saturated rings. The van der Waals surface area contributed by atoms with Gasteiger partial charge >= 0.3 is 5.97 Å². The van der Waals surface area contributed by atoms with Crippen LogP contribution in [0.5, 0.6) is 0 Å². The first kappa shape index (κ1) is 15.5. The maximum Gasteiger partial charge on any atom is 0.320 e. The molecule has 0 radical (unpaired) electrons. The van der Waals surface area contributed by atoms with Crippen molar-refractivity contribution in [2.75, 3.05) is 0 Å². The molecule has 5 heteroatoms. The highest BCUT2D eigenvalue weighted by molar-refractivity contribution is 5.74. The molecule has 1 N–H and O–H groups in total. The van der Waals surface area contributed by atoms with E-state index in [1.165, 1.54) is 19.3 Å². The van der Waals surface area contributed by atoms with Crippen molar-refractivity contribution < 1.29 is 9.90 Å². The van der Waals surface area contributed by atoms with Crippen molar-refractivity contribution in [2.24, 2.45) is 11.8 Å². The Morgan fingerprint density at radius 1 is 1.41 bits per heavy atom. The predicted octanol–water partition coefficient (Wildman–Crippen LogP) is 2.76. The Hall–Kier alpha value is -1.36. The number of carboxylic acids is 1. The van der Waals surface area contributed by atoms with Gasteiger partial charge in [0.25, 0.3) is 0 Å².